The van der Waals surface area contributed by atoms with Crippen molar-refractivity contribution in [2.24, 2.45) is 5.41 Å². The smallest absolute Gasteiger partial charge is 0.183 e. The van der Waals surface area contributed by atoms with Gasteiger partial charge in [0.15, 0.2) is 15.6 Å². The number of Topliss-reactive ketones (excluding diaryl/α,β-unsaturated/α-hetero) is 1. The molecule has 0 saturated heterocycles. The van der Waals surface area contributed by atoms with Gasteiger partial charge in [0, 0.05) is 13.5 Å². The molecule has 1 aromatic rings. The summed E-state index contributed by atoms with van der Waals surface area (Å²) in [5.74, 6) is -0.234. The van der Waals surface area contributed by atoms with Crippen LogP contribution >= 0.6 is 11.3 Å². The van der Waals surface area contributed by atoms with Gasteiger partial charge in [-0.05, 0) is 18.3 Å². The molecule has 1 heterocycles. The first-order chi connectivity index (χ1) is 9.20. The zero-order chi connectivity index (χ0) is 15.1. The lowest BCUT2D eigenvalue weighted by molar-refractivity contribution is 0.102. The molecular weight excluding hydrogens is 296 g/mol. The molecule has 1 aliphatic rings. The second kappa shape index (κ2) is 5.04. The predicted octanol–water partition coefficient (Wildman–Crippen LogP) is 2.54. The Morgan fingerprint density at radius 2 is 2.05 bits per heavy atom. The van der Waals surface area contributed by atoms with Crippen LogP contribution in [-0.2, 0) is 9.84 Å². The minimum absolute atomic E-state index is 0.0305. The first kappa shape index (κ1) is 15.3. The van der Waals surface area contributed by atoms with Gasteiger partial charge in [-0.25, -0.2) is 8.42 Å². The van der Waals surface area contributed by atoms with Crippen LogP contribution in [-0.4, -0.2) is 26.5 Å². The molecule has 0 aliphatic heterocycles. The summed E-state index contributed by atoms with van der Waals surface area (Å²) >= 11 is 1.14. The monoisotopic (exact) mass is 316 g/mol. The number of hydrogen-bond donors (Lipinski definition) is 2. The maximum absolute atomic E-state index is 12.2. The molecule has 0 amide bonds. The molecule has 3 N–H and O–H groups in total. The molecule has 0 bridgehead atoms. The topological polar surface area (TPSA) is 89.3 Å². The predicted molar refractivity (Wildman–Crippen MR) is 82.3 cm³/mol. The summed E-state index contributed by atoms with van der Waals surface area (Å²) in [7, 11) is -3.45. The molecule has 0 atom stereocenters. The van der Waals surface area contributed by atoms with Crippen LogP contribution < -0.4 is 11.1 Å². The summed E-state index contributed by atoms with van der Waals surface area (Å²) in [6.07, 6.45) is 2.27. The molecule has 7 heteroatoms. The van der Waals surface area contributed by atoms with E-state index in [9.17, 15) is 13.2 Å². The number of ketones is 1. The zero-order valence-corrected chi connectivity index (χ0v) is 13.6. The van der Waals surface area contributed by atoms with Crippen LogP contribution in [0.2, 0.25) is 0 Å². The maximum Gasteiger partial charge on any atom is 0.183 e. The van der Waals surface area contributed by atoms with Gasteiger partial charge in [0.05, 0.1) is 16.3 Å². The Bertz CT molecular complexity index is 643. The van der Waals surface area contributed by atoms with Crippen LogP contribution in [0.3, 0.4) is 0 Å². The Morgan fingerprint density at radius 3 is 2.50 bits per heavy atom. The molecule has 1 saturated carbocycles. The van der Waals surface area contributed by atoms with Gasteiger partial charge in [0.2, 0.25) is 0 Å². The summed E-state index contributed by atoms with van der Waals surface area (Å²) in [4.78, 5) is 12.0. The fourth-order valence-corrected chi connectivity index (χ4v) is 4.50. The van der Waals surface area contributed by atoms with E-state index in [-0.39, 0.29) is 27.5 Å². The molecule has 0 radical (unpaired) electrons. The van der Waals surface area contributed by atoms with Crippen molar-refractivity contribution in [3.63, 3.8) is 0 Å². The molecule has 1 aromatic heterocycles. The Hall–Kier alpha value is -1.08. The second-order valence-electron chi connectivity index (χ2n) is 5.63. The highest BCUT2D eigenvalue weighted by Gasteiger charge is 2.37. The number of hydrogen-bond acceptors (Lipinski definition) is 6. The molecular formula is C13H20N2O3S2. The lowest BCUT2D eigenvalue weighted by Gasteiger charge is -2.11. The van der Waals surface area contributed by atoms with Crippen molar-refractivity contribution in [3.8, 4) is 0 Å². The number of nitrogen functional groups attached to an aromatic ring is 1. The Labute approximate surface area is 123 Å². The Morgan fingerprint density at radius 1 is 1.45 bits per heavy atom. The molecule has 0 unspecified atom stereocenters. The van der Waals surface area contributed by atoms with E-state index in [1.54, 1.807) is 6.92 Å². The number of nitrogens with two attached hydrogens (primary N) is 1. The number of carbonyl (C=O) groups excluding carboxylic acids is 1. The maximum atomic E-state index is 12.2. The third-order valence-electron chi connectivity index (χ3n) is 3.69. The standard InChI is InChI=1S/C13H20N2O3S2/c1-4-20(17,18)11-9(14)10(8(2)16)19-12(11)15-7-13(3)5-6-13/h15H,4-7,14H2,1-3H3. The molecule has 20 heavy (non-hydrogen) atoms. The number of anilines is 2. The highest BCUT2D eigenvalue weighted by molar-refractivity contribution is 7.91. The highest BCUT2D eigenvalue weighted by Crippen LogP contribution is 2.46. The van der Waals surface area contributed by atoms with Gasteiger partial charge >= 0.3 is 0 Å². The summed E-state index contributed by atoms with van der Waals surface area (Å²) < 4.78 is 24.4. The average molecular weight is 316 g/mol. The van der Waals surface area contributed by atoms with Crippen molar-refractivity contribution in [1.29, 1.82) is 0 Å². The third-order valence-corrected chi connectivity index (χ3v) is 6.89. The summed E-state index contributed by atoms with van der Waals surface area (Å²) in [5, 5.41) is 3.68. The quantitative estimate of drug-likeness (QED) is 0.787. The largest absolute Gasteiger partial charge is 0.396 e. The highest BCUT2D eigenvalue weighted by atomic mass is 32.2. The van der Waals surface area contributed by atoms with E-state index >= 15 is 0 Å². The van der Waals surface area contributed by atoms with Crippen LogP contribution in [0.15, 0.2) is 4.90 Å². The van der Waals surface area contributed by atoms with E-state index in [1.165, 1.54) is 6.92 Å². The van der Waals surface area contributed by atoms with Gasteiger partial charge in [-0.1, -0.05) is 13.8 Å². The van der Waals surface area contributed by atoms with E-state index < -0.39 is 9.84 Å². The van der Waals surface area contributed by atoms with Crippen LogP contribution in [0.4, 0.5) is 10.7 Å². The fourth-order valence-electron chi connectivity index (χ4n) is 1.94. The summed E-state index contributed by atoms with van der Waals surface area (Å²) in [6.45, 7) is 5.83. The lowest BCUT2D eigenvalue weighted by atomic mass is 10.1. The van der Waals surface area contributed by atoms with E-state index in [0.29, 0.717) is 16.4 Å². The molecule has 5 nitrogen and oxygen atoms in total. The van der Waals surface area contributed by atoms with Crippen molar-refractivity contribution in [1.82, 2.24) is 0 Å². The third kappa shape index (κ3) is 2.83. The number of rotatable bonds is 6. The van der Waals surface area contributed by atoms with Gasteiger partial charge in [-0.15, -0.1) is 11.3 Å². The van der Waals surface area contributed by atoms with E-state index in [0.717, 1.165) is 24.2 Å². The number of nitrogens with one attached hydrogen (secondary N) is 1. The van der Waals surface area contributed by atoms with Crippen molar-refractivity contribution in [2.45, 2.75) is 38.5 Å². The van der Waals surface area contributed by atoms with E-state index in [4.69, 9.17) is 5.73 Å². The van der Waals surface area contributed by atoms with Crippen molar-refractivity contribution in [3.05, 3.63) is 4.88 Å². The van der Waals surface area contributed by atoms with Crippen molar-refractivity contribution < 1.29 is 13.2 Å². The lowest BCUT2D eigenvalue weighted by Crippen LogP contribution is -2.14. The molecule has 1 fully saturated rings. The second-order valence-corrected chi connectivity index (χ2v) is 8.86. The van der Waals surface area contributed by atoms with Gasteiger partial charge in [0.1, 0.15) is 9.90 Å². The van der Waals surface area contributed by atoms with Gasteiger partial charge < -0.3 is 11.1 Å². The van der Waals surface area contributed by atoms with Gasteiger partial charge in [-0.2, -0.15) is 0 Å². The molecule has 0 aromatic carbocycles. The van der Waals surface area contributed by atoms with E-state index in [1.807, 2.05) is 0 Å². The molecule has 112 valence electrons. The van der Waals surface area contributed by atoms with Gasteiger partial charge in [-0.3, -0.25) is 4.79 Å². The minimum atomic E-state index is -3.45. The first-order valence-electron chi connectivity index (χ1n) is 6.60. The summed E-state index contributed by atoms with van der Waals surface area (Å²) in [5.41, 5.74) is 6.22. The zero-order valence-electron chi connectivity index (χ0n) is 11.9. The van der Waals surface area contributed by atoms with Crippen LogP contribution in [0, 0.1) is 5.41 Å². The van der Waals surface area contributed by atoms with Crippen molar-refractivity contribution in [2.75, 3.05) is 23.3 Å². The van der Waals surface area contributed by atoms with Gasteiger partial charge in [0.25, 0.3) is 0 Å². The fraction of sp³-hybridized carbons (Fsp3) is 0.615. The number of carbonyl (C=O) groups is 1. The SMILES string of the molecule is CCS(=O)(=O)c1c(NCC2(C)CC2)sc(C(C)=O)c1N. The normalized spacial score (nSPS) is 16.9. The Kier molecular flexibility index (Phi) is 3.85. The van der Waals surface area contributed by atoms with Crippen LogP contribution in [0.25, 0.3) is 0 Å². The summed E-state index contributed by atoms with van der Waals surface area (Å²) in [6, 6.07) is 0. The van der Waals surface area contributed by atoms with Crippen LogP contribution in [0.1, 0.15) is 43.3 Å². The van der Waals surface area contributed by atoms with Crippen LogP contribution in [0.5, 0.6) is 0 Å². The van der Waals surface area contributed by atoms with Crippen molar-refractivity contribution >= 4 is 37.6 Å². The first-order valence-corrected chi connectivity index (χ1v) is 9.07. The minimum Gasteiger partial charge on any atom is -0.396 e. The Balaban J connectivity index is 2.43. The average Bonchev–Trinajstić information content (AvgIpc) is 2.99. The van der Waals surface area contributed by atoms with E-state index in [2.05, 4.69) is 12.2 Å². The number of thiophene rings is 1. The molecule has 2 rings (SSSR count). The number of sulfone groups is 1. The molecule has 0 spiro atoms. The molecule has 1 aliphatic carbocycles.